The molecule has 0 unspecified atom stereocenters. The first-order valence-corrected chi connectivity index (χ1v) is 10.9. The number of amides is 1. The largest absolute Gasteiger partial charge is 0.478 e. The molecule has 7 nitrogen and oxygen atoms in total. The molecule has 1 amide bonds. The van der Waals surface area contributed by atoms with Crippen molar-refractivity contribution in [2.45, 2.75) is 20.3 Å². The van der Waals surface area contributed by atoms with Crippen molar-refractivity contribution in [2.24, 2.45) is 5.92 Å². The predicted octanol–water partition coefficient (Wildman–Crippen LogP) is 4.24. The number of hydrogen-bond acceptors (Lipinski definition) is 5. The number of aromatic carboxylic acids is 1. The third kappa shape index (κ3) is 4.82. The molecule has 2 N–H and O–H groups in total. The van der Waals surface area contributed by atoms with E-state index >= 15 is 0 Å². The van der Waals surface area contributed by atoms with E-state index in [9.17, 15) is 14.7 Å². The zero-order valence-corrected chi connectivity index (χ0v) is 18.4. The van der Waals surface area contributed by atoms with E-state index in [1.165, 1.54) is 5.69 Å². The second kappa shape index (κ2) is 9.26. The summed E-state index contributed by atoms with van der Waals surface area (Å²) in [5.74, 6) is -0.180. The molecule has 4 rings (SSSR count). The van der Waals surface area contributed by atoms with E-state index in [0.717, 1.165) is 26.2 Å². The SMILES string of the molecule is CC(C)CC(=O)Nc1ccc2nc(N3CCN(c4ccccc4)CC3)cc(C(=O)O)c2c1. The number of rotatable bonds is 6. The van der Waals surface area contributed by atoms with Crippen molar-refractivity contribution in [3.63, 3.8) is 0 Å². The van der Waals surface area contributed by atoms with Crippen LogP contribution in [0.15, 0.2) is 54.6 Å². The van der Waals surface area contributed by atoms with Crippen molar-refractivity contribution in [1.82, 2.24) is 4.98 Å². The number of benzene rings is 2. The number of anilines is 3. The molecule has 2 heterocycles. The second-order valence-corrected chi connectivity index (χ2v) is 8.52. The summed E-state index contributed by atoms with van der Waals surface area (Å²) in [6, 6.07) is 17.2. The van der Waals surface area contributed by atoms with Gasteiger partial charge < -0.3 is 20.2 Å². The van der Waals surface area contributed by atoms with Crippen molar-refractivity contribution in [3.05, 3.63) is 60.2 Å². The number of hydrogen-bond donors (Lipinski definition) is 2. The lowest BCUT2D eigenvalue weighted by Gasteiger charge is -2.37. The Morgan fingerprint density at radius 3 is 2.34 bits per heavy atom. The fourth-order valence-corrected chi connectivity index (χ4v) is 4.04. The summed E-state index contributed by atoms with van der Waals surface area (Å²) >= 11 is 0. The van der Waals surface area contributed by atoms with Gasteiger partial charge in [-0.25, -0.2) is 9.78 Å². The van der Waals surface area contributed by atoms with Gasteiger partial charge in [-0.05, 0) is 42.3 Å². The third-order valence-corrected chi connectivity index (χ3v) is 5.63. The number of piperazine rings is 1. The van der Waals surface area contributed by atoms with Gasteiger partial charge in [0.1, 0.15) is 5.82 Å². The first kappa shape index (κ1) is 21.6. The predicted molar refractivity (Wildman–Crippen MR) is 128 cm³/mol. The first-order chi connectivity index (χ1) is 15.4. The Balaban J connectivity index is 1.56. The van der Waals surface area contributed by atoms with Gasteiger partial charge in [0, 0.05) is 49.4 Å². The zero-order chi connectivity index (χ0) is 22.7. The molecule has 166 valence electrons. The smallest absolute Gasteiger partial charge is 0.336 e. The summed E-state index contributed by atoms with van der Waals surface area (Å²) < 4.78 is 0. The number of fused-ring (bicyclic) bond motifs is 1. The van der Waals surface area contributed by atoms with Crippen LogP contribution in [-0.4, -0.2) is 48.1 Å². The van der Waals surface area contributed by atoms with Crippen LogP contribution < -0.4 is 15.1 Å². The summed E-state index contributed by atoms with van der Waals surface area (Å²) in [6.07, 6.45) is 0.413. The monoisotopic (exact) mass is 432 g/mol. The molecule has 0 atom stereocenters. The maximum atomic E-state index is 12.1. The number of nitrogens with zero attached hydrogens (tertiary/aromatic N) is 3. The zero-order valence-electron chi connectivity index (χ0n) is 18.4. The van der Waals surface area contributed by atoms with Gasteiger partial charge in [0.25, 0.3) is 0 Å². The highest BCUT2D eigenvalue weighted by molar-refractivity contribution is 6.05. The Kier molecular flexibility index (Phi) is 6.25. The number of carbonyl (C=O) groups excluding carboxylic acids is 1. The second-order valence-electron chi connectivity index (χ2n) is 8.52. The Hall–Kier alpha value is -3.61. The summed E-state index contributed by atoms with van der Waals surface area (Å²) in [7, 11) is 0. The summed E-state index contributed by atoms with van der Waals surface area (Å²) in [5.41, 5.74) is 2.57. The van der Waals surface area contributed by atoms with Crippen LogP contribution in [0.3, 0.4) is 0 Å². The van der Waals surface area contributed by atoms with Crippen molar-refractivity contribution in [1.29, 1.82) is 0 Å². The van der Waals surface area contributed by atoms with Crippen molar-refractivity contribution >= 4 is 40.0 Å². The third-order valence-electron chi connectivity index (χ3n) is 5.63. The van der Waals surface area contributed by atoms with Crippen LogP contribution in [0.4, 0.5) is 17.2 Å². The molecule has 0 saturated carbocycles. The van der Waals surface area contributed by atoms with Gasteiger partial charge in [-0.1, -0.05) is 32.0 Å². The van der Waals surface area contributed by atoms with Crippen LogP contribution in [0.2, 0.25) is 0 Å². The summed E-state index contributed by atoms with van der Waals surface area (Å²) in [6.45, 7) is 7.16. The Bertz CT molecular complexity index is 1120. The lowest BCUT2D eigenvalue weighted by Crippen LogP contribution is -2.46. The quantitative estimate of drug-likeness (QED) is 0.606. The number of pyridine rings is 1. The van der Waals surface area contributed by atoms with Crippen molar-refractivity contribution in [3.8, 4) is 0 Å². The molecule has 1 saturated heterocycles. The van der Waals surface area contributed by atoms with E-state index in [1.807, 2.05) is 32.0 Å². The highest BCUT2D eigenvalue weighted by Crippen LogP contribution is 2.27. The highest BCUT2D eigenvalue weighted by Gasteiger charge is 2.21. The van der Waals surface area contributed by atoms with Gasteiger partial charge in [0.05, 0.1) is 11.1 Å². The van der Waals surface area contributed by atoms with Crippen LogP contribution >= 0.6 is 0 Å². The maximum Gasteiger partial charge on any atom is 0.336 e. The van der Waals surface area contributed by atoms with E-state index in [-0.39, 0.29) is 17.4 Å². The van der Waals surface area contributed by atoms with Crippen molar-refractivity contribution < 1.29 is 14.7 Å². The number of carbonyl (C=O) groups is 2. The molecule has 0 aliphatic carbocycles. The van der Waals surface area contributed by atoms with Gasteiger partial charge in [0.2, 0.25) is 5.91 Å². The molecular weight excluding hydrogens is 404 g/mol. The number of aromatic nitrogens is 1. The van der Waals surface area contributed by atoms with Crippen LogP contribution in [0, 0.1) is 5.92 Å². The van der Waals surface area contributed by atoms with Crippen LogP contribution in [-0.2, 0) is 4.79 Å². The molecule has 1 fully saturated rings. The van der Waals surface area contributed by atoms with E-state index < -0.39 is 5.97 Å². The number of carboxylic acid groups (broad SMARTS) is 1. The topological polar surface area (TPSA) is 85.8 Å². The van der Waals surface area contributed by atoms with Gasteiger partial charge >= 0.3 is 5.97 Å². The van der Waals surface area contributed by atoms with Gasteiger partial charge in [-0.3, -0.25) is 4.79 Å². The molecule has 1 aromatic heterocycles. The van der Waals surface area contributed by atoms with E-state index in [2.05, 4.69) is 27.2 Å². The molecule has 0 spiro atoms. The van der Waals surface area contributed by atoms with E-state index in [4.69, 9.17) is 4.98 Å². The van der Waals surface area contributed by atoms with Crippen LogP contribution in [0.5, 0.6) is 0 Å². The van der Waals surface area contributed by atoms with E-state index in [1.54, 1.807) is 24.3 Å². The van der Waals surface area contributed by atoms with Crippen LogP contribution in [0.1, 0.15) is 30.6 Å². The molecule has 1 aliphatic rings. The number of para-hydroxylation sites is 1. The average Bonchev–Trinajstić information content (AvgIpc) is 2.78. The molecule has 7 heteroatoms. The Morgan fingerprint density at radius 1 is 1.00 bits per heavy atom. The average molecular weight is 433 g/mol. The maximum absolute atomic E-state index is 12.1. The van der Waals surface area contributed by atoms with Crippen LogP contribution in [0.25, 0.3) is 10.9 Å². The minimum Gasteiger partial charge on any atom is -0.478 e. The minimum absolute atomic E-state index is 0.0860. The fourth-order valence-electron chi connectivity index (χ4n) is 4.04. The highest BCUT2D eigenvalue weighted by atomic mass is 16.4. The Labute approximate surface area is 187 Å². The lowest BCUT2D eigenvalue weighted by molar-refractivity contribution is -0.116. The van der Waals surface area contributed by atoms with Gasteiger partial charge in [-0.2, -0.15) is 0 Å². The van der Waals surface area contributed by atoms with Gasteiger partial charge in [0.15, 0.2) is 0 Å². The van der Waals surface area contributed by atoms with E-state index in [0.29, 0.717) is 28.8 Å². The lowest BCUT2D eigenvalue weighted by atomic mass is 10.1. The minimum atomic E-state index is -1.01. The molecular formula is C25H28N4O3. The standard InChI is InChI=1S/C25H28N4O3/c1-17(2)14-24(30)26-18-8-9-22-20(15-18)21(25(31)32)16-23(27-22)29-12-10-28(11-13-29)19-6-4-3-5-7-19/h3-9,15-17H,10-14H2,1-2H3,(H,26,30)(H,31,32). The molecule has 1 aliphatic heterocycles. The Morgan fingerprint density at radius 2 is 1.69 bits per heavy atom. The molecule has 2 aromatic carbocycles. The fraction of sp³-hybridized carbons (Fsp3) is 0.320. The summed E-state index contributed by atoms with van der Waals surface area (Å²) in [5, 5.41) is 13.2. The molecule has 32 heavy (non-hydrogen) atoms. The molecule has 3 aromatic rings. The number of carboxylic acids is 1. The van der Waals surface area contributed by atoms with Crippen molar-refractivity contribution in [2.75, 3.05) is 41.3 Å². The molecule has 0 radical (unpaired) electrons. The number of nitrogens with one attached hydrogen (secondary N) is 1. The van der Waals surface area contributed by atoms with Gasteiger partial charge in [-0.15, -0.1) is 0 Å². The normalized spacial score (nSPS) is 14.1. The molecule has 0 bridgehead atoms. The first-order valence-electron chi connectivity index (χ1n) is 10.9. The summed E-state index contributed by atoms with van der Waals surface area (Å²) in [4.78, 5) is 33.3.